The molecule has 0 aliphatic carbocycles. The lowest BCUT2D eigenvalue weighted by atomic mass is 10.0. The molecular weight excluding hydrogens is 411 g/mol. The average molecular weight is 431 g/mol. The number of hydrogen-bond donors (Lipinski definition) is 2. The van der Waals surface area contributed by atoms with E-state index in [1.165, 1.54) is 12.1 Å². The molecule has 2 N–H and O–H groups in total. The second-order valence-electron chi connectivity index (χ2n) is 7.29. The topological polar surface area (TPSA) is 53.3 Å². The highest BCUT2D eigenvalue weighted by Crippen LogP contribution is 2.42. The van der Waals surface area contributed by atoms with Crippen molar-refractivity contribution in [3.05, 3.63) is 108 Å². The summed E-state index contributed by atoms with van der Waals surface area (Å²) in [5.41, 5.74) is 3.54. The molecule has 154 valence electrons. The monoisotopic (exact) mass is 430 g/mol. The van der Waals surface area contributed by atoms with E-state index in [1.807, 2.05) is 58.1 Å². The first kappa shape index (κ1) is 19.3. The lowest BCUT2D eigenvalue weighted by molar-refractivity contribution is 0.475. The van der Waals surface area contributed by atoms with E-state index in [0.717, 1.165) is 22.8 Å². The standard InChI is InChI=1S/C24H19FN4OS/c25-16-6-8-17(9-7-16)28-15-3-5-21(28)23-22(20-4-1-2-14-26-20)27-24(31)29(23)18-10-12-19(30)13-11-18/h1-15,22-23,30H,(H,27,31). The summed E-state index contributed by atoms with van der Waals surface area (Å²) in [6, 6.07) is 22.7. The number of aromatic hydroxyl groups is 1. The van der Waals surface area contributed by atoms with Gasteiger partial charge in [0.15, 0.2) is 5.11 Å². The zero-order valence-corrected chi connectivity index (χ0v) is 17.2. The van der Waals surface area contributed by atoms with Gasteiger partial charge in [-0.1, -0.05) is 6.07 Å². The van der Waals surface area contributed by atoms with Crippen LogP contribution < -0.4 is 10.2 Å². The quantitative estimate of drug-likeness (QED) is 0.452. The summed E-state index contributed by atoms with van der Waals surface area (Å²) in [7, 11) is 0. The van der Waals surface area contributed by atoms with Crippen molar-refractivity contribution in [3.63, 3.8) is 0 Å². The highest BCUT2D eigenvalue weighted by Gasteiger charge is 2.42. The third-order valence-electron chi connectivity index (χ3n) is 5.41. The molecule has 0 radical (unpaired) electrons. The summed E-state index contributed by atoms with van der Waals surface area (Å²) in [5.74, 6) is -0.0902. The van der Waals surface area contributed by atoms with Gasteiger partial charge in [-0.25, -0.2) is 4.39 Å². The number of pyridine rings is 1. The van der Waals surface area contributed by atoms with E-state index in [0.29, 0.717) is 5.11 Å². The zero-order valence-electron chi connectivity index (χ0n) is 16.4. The average Bonchev–Trinajstić information content (AvgIpc) is 3.40. The van der Waals surface area contributed by atoms with Gasteiger partial charge in [0.25, 0.3) is 0 Å². The van der Waals surface area contributed by atoms with Gasteiger partial charge in [0.05, 0.1) is 11.7 Å². The number of aromatic nitrogens is 2. The molecule has 0 spiro atoms. The second kappa shape index (κ2) is 7.85. The van der Waals surface area contributed by atoms with Gasteiger partial charge in [0.2, 0.25) is 0 Å². The van der Waals surface area contributed by atoms with Crippen molar-refractivity contribution in [2.45, 2.75) is 12.1 Å². The smallest absolute Gasteiger partial charge is 0.174 e. The Labute approximate surface area is 184 Å². The number of benzene rings is 2. The van der Waals surface area contributed by atoms with Crippen LogP contribution in [0.1, 0.15) is 23.5 Å². The highest BCUT2D eigenvalue weighted by molar-refractivity contribution is 7.80. The normalized spacial score (nSPS) is 18.2. The number of anilines is 1. The SMILES string of the molecule is Oc1ccc(N2C(=S)NC(c3ccccn3)C2c2cccn2-c2ccc(F)cc2)cc1. The number of nitrogens with one attached hydrogen (secondary N) is 1. The maximum Gasteiger partial charge on any atom is 0.174 e. The largest absolute Gasteiger partial charge is 0.508 e. The minimum atomic E-state index is -0.279. The molecule has 2 atom stereocenters. The Balaban J connectivity index is 1.66. The number of hydrogen-bond acceptors (Lipinski definition) is 3. The Kier molecular flexibility index (Phi) is 4.88. The molecule has 5 rings (SSSR count). The lowest BCUT2D eigenvalue weighted by Crippen LogP contribution is -2.30. The van der Waals surface area contributed by atoms with Crippen LogP contribution in [0.4, 0.5) is 10.1 Å². The Morgan fingerprint density at radius 1 is 0.903 bits per heavy atom. The second-order valence-corrected chi connectivity index (χ2v) is 7.68. The summed E-state index contributed by atoms with van der Waals surface area (Å²) >= 11 is 5.73. The molecule has 1 aliphatic heterocycles. The minimum absolute atomic E-state index is 0.189. The molecule has 2 unspecified atom stereocenters. The van der Waals surface area contributed by atoms with Gasteiger partial charge in [-0.15, -0.1) is 0 Å². The van der Waals surface area contributed by atoms with Crippen LogP contribution >= 0.6 is 12.2 Å². The summed E-state index contributed by atoms with van der Waals surface area (Å²) < 4.78 is 15.5. The Morgan fingerprint density at radius 2 is 1.65 bits per heavy atom. The van der Waals surface area contributed by atoms with Crippen LogP contribution in [0, 0.1) is 5.82 Å². The molecule has 1 saturated heterocycles. The van der Waals surface area contributed by atoms with Crippen LogP contribution in [0.5, 0.6) is 5.75 Å². The lowest BCUT2D eigenvalue weighted by Gasteiger charge is -2.29. The molecule has 5 nitrogen and oxygen atoms in total. The van der Waals surface area contributed by atoms with Gasteiger partial charge < -0.3 is 19.9 Å². The van der Waals surface area contributed by atoms with E-state index >= 15 is 0 Å². The van der Waals surface area contributed by atoms with E-state index < -0.39 is 0 Å². The Hall–Kier alpha value is -3.71. The molecule has 2 aromatic heterocycles. The molecule has 0 bridgehead atoms. The van der Waals surface area contributed by atoms with Crippen LogP contribution in [0.2, 0.25) is 0 Å². The molecule has 1 aliphatic rings. The first-order valence-electron chi connectivity index (χ1n) is 9.85. The summed E-state index contributed by atoms with van der Waals surface area (Å²) in [5, 5.41) is 13.7. The van der Waals surface area contributed by atoms with E-state index in [4.69, 9.17) is 12.2 Å². The maximum atomic E-state index is 13.5. The number of thiocarbonyl (C=S) groups is 1. The molecule has 0 amide bonds. The van der Waals surface area contributed by atoms with E-state index in [2.05, 4.69) is 10.3 Å². The fraction of sp³-hybridized carbons (Fsp3) is 0.0833. The predicted octanol–water partition coefficient (Wildman–Crippen LogP) is 4.89. The van der Waals surface area contributed by atoms with Crippen molar-refractivity contribution < 1.29 is 9.50 Å². The van der Waals surface area contributed by atoms with Crippen molar-refractivity contribution in [2.24, 2.45) is 0 Å². The van der Waals surface area contributed by atoms with Crippen molar-refractivity contribution in [1.29, 1.82) is 0 Å². The number of nitrogens with zero attached hydrogens (tertiary/aromatic N) is 3. The van der Waals surface area contributed by atoms with Crippen LogP contribution in [0.3, 0.4) is 0 Å². The van der Waals surface area contributed by atoms with Crippen LogP contribution in [0.15, 0.2) is 91.3 Å². The molecule has 4 aromatic rings. The Bertz CT molecular complexity index is 1210. The van der Waals surface area contributed by atoms with Crippen molar-refractivity contribution >= 4 is 23.0 Å². The first-order valence-corrected chi connectivity index (χ1v) is 10.3. The first-order chi connectivity index (χ1) is 15.1. The van der Waals surface area contributed by atoms with Crippen LogP contribution in [0.25, 0.3) is 5.69 Å². The van der Waals surface area contributed by atoms with Crippen LogP contribution in [-0.4, -0.2) is 19.8 Å². The summed E-state index contributed by atoms with van der Waals surface area (Å²) in [6.45, 7) is 0. The summed E-state index contributed by atoms with van der Waals surface area (Å²) in [4.78, 5) is 6.60. The Morgan fingerprint density at radius 3 is 2.35 bits per heavy atom. The number of rotatable bonds is 4. The molecule has 31 heavy (non-hydrogen) atoms. The molecule has 3 heterocycles. The fourth-order valence-corrected chi connectivity index (χ4v) is 4.36. The van der Waals surface area contributed by atoms with E-state index in [9.17, 15) is 9.50 Å². The molecule has 7 heteroatoms. The van der Waals surface area contributed by atoms with Gasteiger partial charge in [0, 0.05) is 29.5 Å². The van der Waals surface area contributed by atoms with Crippen molar-refractivity contribution in [2.75, 3.05) is 4.90 Å². The van der Waals surface area contributed by atoms with Gasteiger partial charge >= 0.3 is 0 Å². The number of halogens is 1. The van der Waals surface area contributed by atoms with Crippen molar-refractivity contribution in [3.8, 4) is 11.4 Å². The third kappa shape index (κ3) is 3.53. The fourth-order valence-electron chi connectivity index (χ4n) is 4.02. The summed E-state index contributed by atoms with van der Waals surface area (Å²) in [6.07, 6.45) is 3.72. The van der Waals surface area contributed by atoms with Crippen molar-refractivity contribution in [1.82, 2.24) is 14.9 Å². The molecule has 1 fully saturated rings. The van der Waals surface area contributed by atoms with Gasteiger partial charge in [0.1, 0.15) is 17.6 Å². The van der Waals surface area contributed by atoms with E-state index in [-0.39, 0.29) is 23.7 Å². The molecular formula is C24H19FN4OS. The van der Waals surface area contributed by atoms with Gasteiger partial charge in [-0.05, 0) is 85.0 Å². The minimum Gasteiger partial charge on any atom is -0.508 e. The van der Waals surface area contributed by atoms with Gasteiger partial charge in [-0.2, -0.15) is 0 Å². The van der Waals surface area contributed by atoms with Gasteiger partial charge in [-0.3, -0.25) is 4.98 Å². The highest BCUT2D eigenvalue weighted by atomic mass is 32.1. The zero-order chi connectivity index (χ0) is 21.4. The van der Waals surface area contributed by atoms with Crippen LogP contribution in [-0.2, 0) is 0 Å². The predicted molar refractivity (Wildman–Crippen MR) is 122 cm³/mol. The maximum absolute atomic E-state index is 13.5. The number of phenols is 1. The molecule has 2 aromatic carbocycles. The number of phenolic OH excluding ortho intramolecular Hbond substituents is 1. The molecule has 0 saturated carbocycles. The third-order valence-corrected chi connectivity index (χ3v) is 5.73. The van der Waals surface area contributed by atoms with E-state index in [1.54, 1.807) is 30.5 Å².